The van der Waals surface area contributed by atoms with Crippen LogP contribution >= 0.6 is 11.6 Å². The van der Waals surface area contributed by atoms with Crippen molar-refractivity contribution >= 4 is 29.8 Å². The Labute approximate surface area is 206 Å². The van der Waals surface area contributed by atoms with Crippen molar-refractivity contribution in [1.82, 2.24) is 0 Å². The summed E-state index contributed by atoms with van der Waals surface area (Å²) in [4.78, 5) is -0.112. The number of halogens is 4. The molecular formula is C25H32ClF3O3SSi. The molecular weight excluding hydrogens is 501 g/mol. The summed E-state index contributed by atoms with van der Waals surface area (Å²) in [5.74, 6) is -4.58. The fourth-order valence-electron chi connectivity index (χ4n) is 4.52. The Hall–Kier alpha value is -1.35. The van der Waals surface area contributed by atoms with E-state index in [2.05, 4.69) is 20.8 Å². The lowest BCUT2D eigenvalue weighted by molar-refractivity contribution is 0.147. The molecule has 188 valence electrons. The first kappa shape index (κ1) is 27.2. The van der Waals surface area contributed by atoms with Crippen LogP contribution in [0.3, 0.4) is 0 Å². The van der Waals surface area contributed by atoms with E-state index in [0.717, 1.165) is 6.07 Å². The molecule has 0 saturated heterocycles. The number of hydrogen-bond acceptors (Lipinski definition) is 3. The third-order valence-electron chi connectivity index (χ3n) is 7.53. The van der Waals surface area contributed by atoms with Gasteiger partial charge in [-0.05, 0) is 67.4 Å². The maximum atomic E-state index is 15.3. The Morgan fingerprint density at radius 2 is 1.62 bits per heavy atom. The van der Waals surface area contributed by atoms with Crippen LogP contribution in [0.25, 0.3) is 0 Å². The van der Waals surface area contributed by atoms with Crippen LogP contribution in [-0.2, 0) is 19.0 Å². The van der Waals surface area contributed by atoms with Gasteiger partial charge in [0.1, 0.15) is 10.6 Å². The second-order valence-corrected chi connectivity index (χ2v) is 18.0. The third-order valence-corrected chi connectivity index (χ3v) is 14.9. The zero-order valence-electron chi connectivity index (χ0n) is 20.2. The van der Waals surface area contributed by atoms with Gasteiger partial charge >= 0.3 is 0 Å². The largest absolute Gasteiger partial charge is 0.416 e. The molecule has 2 atom stereocenters. The minimum absolute atomic E-state index is 0.0126. The highest BCUT2D eigenvalue weighted by Crippen LogP contribution is 2.53. The molecule has 0 radical (unpaired) electrons. The molecule has 2 aromatic carbocycles. The van der Waals surface area contributed by atoms with Gasteiger partial charge in [-0.1, -0.05) is 45.2 Å². The predicted molar refractivity (Wildman–Crippen MR) is 132 cm³/mol. The average molecular weight is 533 g/mol. The van der Waals surface area contributed by atoms with E-state index in [-0.39, 0.29) is 23.0 Å². The van der Waals surface area contributed by atoms with Crippen molar-refractivity contribution in [3.63, 3.8) is 0 Å². The average Bonchev–Trinajstić information content (AvgIpc) is 2.75. The molecule has 1 aliphatic rings. The number of sulfone groups is 1. The van der Waals surface area contributed by atoms with Gasteiger partial charge in [-0.2, -0.15) is 0 Å². The van der Waals surface area contributed by atoms with Gasteiger partial charge in [0.15, 0.2) is 29.8 Å². The lowest BCUT2D eigenvalue weighted by atomic mass is 9.74. The summed E-state index contributed by atoms with van der Waals surface area (Å²) in [7, 11) is -6.69. The summed E-state index contributed by atoms with van der Waals surface area (Å²) < 4.78 is 77.8. The van der Waals surface area contributed by atoms with Crippen molar-refractivity contribution in [2.75, 3.05) is 6.61 Å². The van der Waals surface area contributed by atoms with E-state index in [4.69, 9.17) is 16.0 Å². The molecule has 3 rings (SSSR count). The fourth-order valence-corrected chi connectivity index (χ4v) is 8.10. The van der Waals surface area contributed by atoms with Crippen LogP contribution in [0.1, 0.15) is 52.0 Å². The molecule has 9 heteroatoms. The normalized spacial score (nSPS) is 22.1. The van der Waals surface area contributed by atoms with Crippen LogP contribution in [0.5, 0.6) is 0 Å². The van der Waals surface area contributed by atoms with E-state index >= 15 is 8.78 Å². The third kappa shape index (κ3) is 4.71. The highest BCUT2D eigenvalue weighted by atomic mass is 35.5. The molecule has 2 aromatic rings. The van der Waals surface area contributed by atoms with Gasteiger partial charge < -0.3 is 4.43 Å². The molecule has 1 aliphatic carbocycles. The smallest absolute Gasteiger partial charge is 0.191 e. The quantitative estimate of drug-likeness (QED) is 0.283. The monoisotopic (exact) mass is 532 g/mol. The fraction of sp³-hybridized carbons (Fsp3) is 0.520. The van der Waals surface area contributed by atoms with Crippen molar-refractivity contribution in [3.8, 4) is 0 Å². The minimum Gasteiger partial charge on any atom is -0.416 e. The van der Waals surface area contributed by atoms with Crippen LogP contribution in [0.2, 0.25) is 23.2 Å². The molecule has 1 saturated carbocycles. The number of benzene rings is 2. The molecule has 0 aliphatic heterocycles. The Morgan fingerprint density at radius 3 is 2.21 bits per heavy atom. The van der Waals surface area contributed by atoms with E-state index in [1.807, 2.05) is 13.1 Å². The van der Waals surface area contributed by atoms with Crippen LogP contribution < -0.4 is 0 Å². The Balaban J connectivity index is 2.26. The maximum Gasteiger partial charge on any atom is 0.191 e. The maximum absolute atomic E-state index is 15.3. The van der Waals surface area contributed by atoms with Crippen LogP contribution in [0.15, 0.2) is 41.3 Å². The van der Waals surface area contributed by atoms with Crippen molar-refractivity contribution in [1.29, 1.82) is 0 Å². The molecule has 0 unspecified atom stereocenters. The van der Waals surface area contributed by atoms with E-state index in [9.17, 15) is 12.8 Å². The van der Waals surface area contributed by atoms with E-state index in [1.54, 1.807) is 0 Å². The van der Waals surface area contributed by atoms with Gasteiger partial charge in [-0.3, -0.25) is 0 Å². The zero-order chi connectivity index (χ0) is 25.5. The Morgan fingerprint density at radius 1 is 1.03 bits per heavy atom. The summed E-state index contributed by atoms with van der Waals surface area (Å²) in [6.45, 7) is 10.3. The van der Waals surface area contributed by atoms with Crippen molar-refractivity contribution in [2.45, 2.75) is 74.2 Å². The van der Waals surface area contributed by atoms with Gasteiger partial charge in [-0.25, -0.2) is 21.6 Å². The Bertz CT molecular complexity index is 1150. The molecule has 0 N–H and O–H groups in total. The van der Waals surface area contributed by atoms with Crippen LogP contribution in [0.4, 0.5) is 13.2 Å². The molecule has 0 aromatic heterocycles. The van der Waals surface area contributed by atoms with E-state index in [0.29, 0.717) is 30.4 Å². The number of rotatable bonds is 6. The molecule has 3 nitrogen and oxygen atoms in total. The molecule has 1 fully saturated rings. The molecule has 0 heterocycles. The lowest BCUT2D eigenvalue weighted by Crippen LogP contribution is -2.51. The van der Waals surface area contributed by atoms with Crippen molar-refractivity contribution in [2.24, 2.45) is 5.92 Å². The summed E-state index contributed by atoms with van der Waals surface area (Å²) in [6, 6.07) is 6.98. The van der Waals surface area contributed by atoms with Gasteiger partial charge in [0.25, 0.3) is 0 Å². The summed E-state index contributed by atoms with van der Waals surface area (Å²) >= 11 is 5.96. The van der Waals surface area contributed by atoms with Gasteiger partial charge in [0.05, 0.1) is 4.90 Å². The van der Waals surface area contributed by atoms with E-state index < -0.39 is 51.8 Å². The molecule has 0 spiro atoms. The predicted octanol–water partition coefficient (Wildman–Crippen LogP) is 7.64. The van der Waals surface area contributed by atoms with Gasteiger partial charge in [0, 0.05) is 23.1 Å². The Kier molecular flexibility index (Phi) is 7.69. The molecule has 0 bridgehead atoms. The zero-order valence-corrected chi connectivity index (χ0v) is 22.8. The minimum atomic E-state index is -4.38. The van der Waals surface area contributed by atoms with Crippen LogP contribution in [-0.4, -0.2) is 23.3 Å². The van der Waals surface area contributed by atoms with Crippen molar-refractivity contribution < 1.29 is 26.0 Å². The molecule has 34 heavy (non-hydrogen) atoms. The first-order valence-corrected chi connectivity index (χ1v) is 16.2. The second-order valence-electron chi connectivity index (χ2n) is 10.6. The van der Waals surface area contributed by atoms with Crippen LogP contribution in [0, 0.1) is 23.4 Å². The summed E-state index contributed by atoms with van der Waals surface area (Å²) in [5.41, 5.74) is -0.731. The first-order valence-electron chi connectivity index (χ1n) is 11.4. The topological polar surface area (TPSA) is 43.4 Å². The van der Waals surface area contributed by atoms with Gasteiger partial charge in [0.2, 0.25) is 0 Å². The standard InChI is InChI=1S/C25H32ClF3O3SSi/c1-24(2,3)34(4,5)32-16-17-8-6-7-15-25(17,22-20(27)13-14-21(28)23(22)29)33(30,31)19-11-9-18(26)10-12-19/h9-14,17H,6-8,15-16H2,1-5H3/t17-,25+/m0/s1. The van der Waals surface area contributed by atoms with Gasteiger partial charge in [-0.15, -0.1) is 0 Å². The lowest BCUT2D eigenvalue weighted by Gasteiger charge is -2.46. The van der Waals surface area contributed by atoms with Crippen molar-refractivity contribution in [3.05, 3.63) is 64.4 Å². The summed E-state index contributed by atoms with van der Waals surface area (Å²) in [5, 5.41) is 0.187. The molecule has 0 amide bonds. The highest BCUT2D eigenvalue weighted by molar-refractivity contribution is 7.92. The summed E-state index contributed by atoms with van der Waals surface area (Å²) in [6.07, 6.45) is 1.46. The highest BCUT2D eigenvalue weighted by Gasteiger charge is 2.56. The second kappa shape index (κ2) is 9.60. The first-order chi connectivity index (χ1) is 15.6. The van der Waals surface area contributed by atoms with E-state index in [1.165, 1.54) is 24.3 Å². The SMILES string of the molecule is CC(C)(C)[Si](C)(C)OC[C@@H]1CCCC[C@@]1(c1c(F)ccc(F)c1F)S(=O)(=O)c1ccc(Cl)cc1. The number of hydrogen-bond donors (Lipinski definition) is 0.